The van der Waals surface area contributed by atoms with Crippen LogP contribution in [0, 0.1) is 5.92 Å². The minimum absolute atomic E-state index is 0.0281. The fraction of sp³-hybridized carbons (Fsp3) is 0.417. The fourth-order valence-corrected chi connectivity index (χ4v) is 1.74. The molecule has 1 aliphatic carbocycles. The van der Waals surface area contributed by atoms with E-state index < -0.39 is 6.10 Å². The lowest BCUT2D eigenvalue weighted by atomic mass is 9.97. The van der Waals surface area contributed by atoms with Crippen molar-refractivity contribution in [3.8, 4) is 0 Å². The maximum Gasteiger partial charge on any atom is 0.160 e. The molecule has 74 valence electrons. The number of aliphatic hydroxyl groups excluding tert-OH is 1. The van der Waals surface area contributed by atoms with Gasteiger partial charge in [-0.1, -0.05) is 24.3 Å². The second kappa shape index (κ2) is 3.54. The number of hydrogen-bond donors (Lipinski definition) is 1. The van der Waals surface area contributed by atoms with Crippen molar-refractivity contribution in [2.75, 3.05) is 0 Å². The monoisotopic (exact) mass is 190 g/mol. The van der Waals surface area contributed by atoms with Crippen LogP contribution in [0.1, 0.15) is 41.8 Å². The van der Waals surface area contributed by atoms with Crippen LogP contribution in [-0.4, -0.2) is 10.9 Å². The van der Waals surface area contributed by atoms with Gasteiger partial charge in [-0.2, -0.15) is 0 Å². The van der Waals surface area contributed by atoms with E-state index in [4.69, 9.17) is 0 Å². The molecule has 2 rings (SSSR count). The number of carbonyl (C=O) groups is 1. The summed E-state index contributed by atoms with van der Waals surface area (Å²) in [5.41, 5.74) is 1.45. The van der Waals surface area contributed by atoms with Crippen molar-refractivity contribution in [3.63, 3.8) is 0 Å². The van der Waals surface area contributed by atoms with E-state index in [-0.39, 0.29) is 5.78 Å². The lowest BCUT2D eigenvalue weighted by Crippen LogP contribution is -2.06. The molecule has 1 saturated carbocycles. The summed E-state index contributed by atoms with van der Waals surface area (Å²) in [7, 11) is 0. The maximum atomic E-state index is 11.3. The highest BCUT2D eigenvalue weighted by atomic mass is 16.3. The Balaban J connectivity index is 2.34. The van der Waals surface area contributed by atoms with Gasteiger partial charge in [0.2, 0.25) is 0 Å². The number of Topliss-reactive ketones (excluding diaryl/α,β-unsaturated/α-hetero) is 1. The van der Waals surface area contributed by atoms with E-state index >= 15 is 0 Å². The third-order valence-corrected chi connectivity index (χ3v) is 2.73. The van der Waals surface area contributed by atoms with Crippen LogP contribution in [0.4, 0.5) is 0 Å². The Morgan fingerprint density at radius 3 is 2.64 bits per heavy atom. The average molecular weight is 190 g/mol. The second-order valence-electron chi connectivity index (χ2n) is 3.93. The Morgan fingerprint density at radius 2 is 2.07 bits per heavy atom. The molecule has 0 aliphatic heterocycles. The predicted molar refractivity (Wildman–Crippen MR) is 54.1 cm³/mol. The van der Waals surface area contributed by atoms with Gasteiger partial charge in [0.15, 0.2) is 5.78 Å². The van der Waals surface area contributed by atoms with Gasteiger partial charge in [0.25, 0.3) is 0 Å². The van der Waals surface area contributed by atoms with Crippen LogP contribution in [-0.2, 0) is 0 Å². The second-order valence-corrected chi connectivity index (χ2v) is 3.93. The van der Waals surface area contributed by atoms with E-state index in [1.54, 1.807) is 13.0 Å². The first kappa shape index (κ1) is 9.41. The summed E-state index contributed by atoms with van der Waals surface area (Å²) in [6, 6.07) is 7.33. The summed E-state index contributed by atoms with van der Waals surface area (Å²) in [5, 5.41) is 9.94. The van der Waals surface area contributed by atoms with Crippen molar-refractivity contribution in [3.05, 3.63) is 35.4 Å². The van der Waals surface area contributed by atoms with E-state index in [9.17, 15) is 9.90 Å². The fourth-order valence-electron chi connectivity index (χ4n) is 1.74. The van der Waals surface area contributed by atoms with Gasteiger partial charge in [-0.25, -0.2) is 0 Å². The molecule has 0 aromatic heterocycles. The lowest BCUT2D eigenvalue weighted by Gasteiger charge is -2.12. The summed E-state index contributed by atoms with van der Waals surface area (Å²) in [4.78, 5) is 11.3. The maximum absolute atomic E-state index is 11.3. The van der Waals surface area contributed by atoms with Crippen molar-refractivity contribution in [2.45, 2.75) is 25.9 Å². The SMILES string of the molecule is CC(=O)c1ccccc1C(O)C1CC1. The van der Waals surface area contributed by atoms with Crippen LogP contribution in [0.2, 0.25) is 0 Å². The van der Waals surface area contributed by atoms with Gasteiger partial charge in [-0.05, 0) is 31.2 Å². The molecule has 0 heterocycles. The Kier molecular flexibility index (Phi) is 2.38. The molecule has 1 aromatic rings. The summed E-state index contributed by atoms with van der Waals surface area (Å²) < 4.78 is 0. The molecule has 1 unspecified atom stereocenters. The quantitative estimate of drug-likeness (QED) is 0.743. The molecule has 0 amide bonds. The Labute approximate surface area is 83.6 Å². The standard InChI is InChI=1S/C12H14O2/c1-8(13)10-4-2-3-5-11(10)12(14)9-6-7-9/h2-5,9,12,14H,6-7H2,1H3. The summed E-state index contributed by atoms with van der Waals surface area (Å²) >= 11 is 0. The molecule has 0 spiro atoms. The number of ketones is 1. The van der Waals surface area contributed by atoms with Crippen LogP contribution >= 0.6 is 0 Å². The zero-order valence-corrected chi connectivity index (χ0v) is 8.23. The third kappa shape index (κ3) is 1.70. The van der Waals surface area contributed by atoms with E-state index in [1.807, 2.05) is 18.2 Å². The van der Waals surface area contributed by atoms with E-state index in [2.05, 4.69) is 0 Å². The van der Waals surface area contributed by atoms with Crippen LogP contribution in [0.5, 0.6) is 0 Å². The third-order valence-electron chi connectivity index (χ3n) is 2.73. The largest absolute Gasteiger partial charge is 0.388 e. The predicted octanol–water partition coefficient (Wildman–Crippen LogP) is 2.33. The lowest BCUT2D eigenvalue weighted by molar-refractivity contribution is 0.100. The smallest absolute Gasteiger partial charge is 0.160 e. The summed E-state index contributed by atoms with van der Waals surface area (Å²) in [6.07, 6.45) is 1.70. The zero-order chi connectivity index (χ0) is 10.1. The number of rotatable bonds is 3. The Hall–Kier alpha value is -1.15. The molecule has 14 heavy (non-hydrogen) atoms. The van der Waals surface area contributed by atoms with Gasteiger partial charge < -0.3 is 5.11 Å². The Bertz CT molecular complexity index is 353. The molecular formula is C12H14O2. The molecule has 1 N–H and O–H groups in total. The molecule has 2 nitrogen and oxygen atoms in total. The van der Waals surface area contributed by atoms with Crippen LogP contribution in [0.15, 0.2) is 24.3 Å². The highest BCUT2D eigenvalue weighted by Crippen LogP contribution is 2.41. The number of benzene rings is 1. The molecule has 0 radical (unpaired) electrons. The van der Waals surface area contributed by atoms with Crippen LogP contribution in [0.25, 0.3) is 0 Å². The molecule has 0 saturated heterocycles. The summed E-state index contributed by atoms with van der Waals surface area (Å²) in [5.74, 6) is 0.399. The van der Waals surface area contributed by atoms with Crippen molar-refractivity contribution in [1.29, 1.82) is 0 Å². The van der Waals surface area contributed by atoms with Gasteiger partial charge in [-0.3, -0.25) is 4.79 Å². The first-order valence-corrected chi connectivity index (χ1v) is 4.98. The Morgan fingerprint density at radius 1 is 1.43 bits per heavy atom. The highest BCUT2D eigenvalue weighted by Gasteiger charge is 2.32. The zero-order valence-electron chi connectivity index (χ0n) is 8.23. The molecule has 1 aliphatic rings. The van der Waals surface area contributed by atoms with E-state index in [0.29, 0.717) is 11.5 Å². The number of hydrogen-bond acceptors (Lipinski definition) is 2. The molecule has 1 atom stereocenters. The van der Waals surface area contributed by atoms with E-state index in [0.717, 1.165) is 18.4 Å². The molecule has 2 heteroatoms. The summed E-state index contributed by atoms with van der Waals surface area (Å²) in [6.45, 7) is 1.54. The molecule has 1 aromatic carbocycles. The number of carbonyl (C=O) groups excluding carboxylic acids is 1. The van der Waals surface area contributed by atoms with Crippen molar-refractivity contribution >= 4 is 5.78 Å². The van der Waals surface area contributed by atoms with Crippen LogP contribution in [0.3, 0.4) is 0 Å². The van der Waals surface area contributed by atoms with Gasteiger partial charge in [0.1, 0.15) is 0 Å². The molecule has 1 fully saturated rings. The van der Waals surface area contributed by atoms with Gasteiger partial charge >= 0.3 is 0 Å². The minimum atomic E-state index is -0.449. The molecular weight excluding hydrogens is 176 g/mol. The first-order chi connectivity index (χ1) is 6.70. The van der Waals surface area contributed by atoms with Gasteiger partial charge in [0, 0.05) is 5.56 Å². The minimum Gasteiger partial charge on any atom is -0.388 e. The molecule has 0 bridgehead atoms. The van der Waals surface area contributed by atoms with Crippen molar-refractivity contribution < 1.29 is 9.90 Å². The highest BCUT2D eigenvalue weighted by molar-refractivity contribution is 5.95. The first-order valence-electron chi connectivity index (χ1n) is 4.98. The van der Waals surface area contributed by atoms with E-state index in [1.165, 1.54) is 0 Å². The van der Waals surface area contributed by atoms with Crippen molar-refractivity contribution in [2.24, 2.45) is 5.92 Å². The number of aliphatic hydroxyl groups is 1. The van der Waals surface area contributed by atoms with Crippen LogP contribution < -0.4 is 0 Å². The normalized spacial score (nSPS) is 17.9. The average Bonchev–Trinajstić information content (AvgIpc) is 3.00. The van der Waals surface area contributed by atoms with Crippen molar-refractivity contribution in [1.82, 2.24) is 0 Å². The topological polar surface area (TPSA) is 37.3 Å². The van der Waals surface area contributed by atoms with Gasteiger partial charge in [0.05, 0.1) is 6.10 Å². The van der Waals surface area contributed by atoms with Gasteiger partial charge in [-0.15, -0.1) is 0 Å².